The average Bonchev–Trinajstić information content (AvgIpc) is 2.79. The van der Waals surface area contributed by atoms with Gasteiger partial charge in [0.25, 0.3) is 5.91 Å². The Hall–Kier alpha value is -4.16. The second-order valence-electron chi connectivity index (χ2n) is 6.93. The maximum absolute atomic E-state index is 13.0. The van der Waals surface area contributed by atoms with Crippen LogP contribution in [0, 0.1) is 6.07 Å². The molecule has 3 amide bonds. The number of nitrogens with one attached hydrogen (secondary N) is 3. The van der Waals surface area contributed by atoms with E-state index in [-0.39, 0.29) is 5.91 Å². The molecule has 6 heteroatoms. The van der Waals surface area contributed by atoms with Crippen molar-refractivity contribution in [1.29, 1.82) is 0 Å². The summed E-state index contributed by atoms with van der Waals surface area (Å²) in [5, 5.41) is 10.3. The first-order valence-electron chi connectivity index (χ1n) is 9.80. The highest BCUT2D eigenvalue weighted by Gasteiger charge is 2.16. The van der Waals surface area contributed by atoms with Gasteiger partial charge in [-0.25, -0.2) is 4.79 Å². The van der Waals surface area contributed by atoms with E-state index in [9.17, 15) is 9.59 Å². The summed E-state index contributed by atoms with van der Waals surface area (Å²) in [6, 6.07) is 27.9. The first-order valence-corrected chi connectivity index (χ1v) is 9.80. The van der Waals surface area contributed by atoms with Gasteiger partial charge in [0.05, 0.1) is 11.3 Å². The summed E-state index contributed by atoms with van der Waals surface area (Å²) < 4.78 is 0. The van der Waals surface area contributed by atoms with Gasteiger partial charge in [-0.1, -0.05) is 54.6 Å². The van der Waals surface area contributed by atoms with Gasteiger partial charge in [-0.2, -0.15) is 0 Å². The van der Waals surface area contributed by atoms with E-state index in [2.05, 4.69) is 22.0 Å². The Bertz CT molecular complexity index is 1240. The number of carbonyl (C=O) groups excluding carboxylic acids is 2. The quantitative estimate of drug-likeness (QED) is 0.374. The summed E-state index contributed by atoms with van der Waals surface area (Å²) in [6.45, 7) is 0.300. The van der Waals surface area contributed by atoms with Crippen molar-refractivity contribution in [3.8, 4) is 0 Å². The van der Waals surface area contributed by atoms with Crippen LogP contribution in [0.25, 0.3) is 10.8 Å². The van der Waals surface area contributed by atoms with Crippen molar-refractivity contribution < 1.29 is 9.59 Å². The van der Waals surface area contributed by atoms with E-state index in [1.807, 2.05) is 42.5 Å². The standard InChI is InChI=1S/C25H21N4O2/c26-16-19-10-6-7-13-22(19)28-25(31)29-23-15-18-9-5-4-8-17(18)14-21(23)24(30)27-20-11-2-1-3-12-20/h2-15H,16,26H2,(H,27,30)(H2,28,29,31). The van der Waals surface area contributed by atoms with E-state index in [1.54, 1.807) is 42.5 Å². The zero-order chi connectivity index (χ0) is 21.6. The highest BCUT2D eigenvalue weighted by atomic mass is 16.2. The number of nitrogens with two attached hydrogens (primary N) is 1. The summed E-state index contributed by atoms with van der Waals surface area (Å²) in [4.78, 5) is 25.7. The number of rotatable bonds is 5. The molecule has 0 spiro atoms. The average molecular weight is 409 g/mol. The number of carbonyl (C=O) groups is 2. The summed E-state index contributed by atoms with van der Waals surface area (Å²) in [6.07, 6.45) is 0. The van der Waals surface area contributed by atoms with E-state index in [0.29, 0.717) is 29.2 Å². The van der Waals surface area contributed by atoms with Gasteiger partial charge in [0.15, 0.2) is 0 Å². The van der Waals surface area contributed by atoms with Gasteiger partial charge in [-0.15, -0.1) is 0 Å². The molecule has 6 nitrogen and oxygen atoms in total. The molecule has 0 unspecified atom stereocenters. The van der Waals surface area contributed by atoms with E-state index in [0.717, 1.165) is 16.3 Å². The van der Waals surface area contributed by atoms with Crippen molar-refractivity contribution in [2.24, 2.45) is 5.73 Å². The molecule has 0 heterocycles. The second-order valence-corrected chi connectivity index (χ2v) is 6.93. The van der Waals surface area contributed by atoms with E-state index in [1.165, 1.54) is 0 Å². The number of hydrogen-bond acceptors (Lipinski definition) is 3. The molecular weight excluding hydrogens is 388 g/mol. The van der Waals surface area contributed by atoms with E-state index >= 15 is 0 Å². The summed E-state index contributed by atoms with van der Waals surface area (Å²) in [5.74, 6) is -0.324. The molecule has 0 aromatic heterocycles. The van der Waals surface area contributed by atoms with Crippen LogP contribution in [-0.2, 0) is 6.54 Å². The third-order valence-corrected chi connectivity index (χ3v) is 4.84. The van der Waals surface area contributed by atoms with Crippen LogP contribution in [-0.4, -0.2) is 11.9 Å². The number of hydrogen-bond donors (Lipinski definition) is 4. The van der Waals surface area contributed by atoms with Crippen molar-refractivity contribution in [2.45, 2.75) is 6.54 Å². The molecule has 31 heavy (non-hydrogen) atoms. The lowest BCUT2D eigenvalue weighted by Crippen LogP contribution is -2.23. The molecule has 0 aliphatic rings. The van der Waals surface area contributed by atoms with Gasteiger partial charge in [0, 0.05) is 17.9 Å². The minimum absolute atomic E-state index is 0.300. The van der Waals surface area contributed by atoms with Gasteiger partial charge < -0.3 is 21.7 Å². The SMILES string of the molecule is NCc1ccccc1NC(=O)Nc1cc2ccccc2cc1C(=O)Nc1cc[c]cc1. The van der Waals surface area contributed by atoms with Crippen LogP contribution in [0.15, 0.2) is 84.9 Å². The highest BCUT2D eigenvalue weighted by Crippen LogP contribution is 2.26. The van der Waals surface area contributed by atoms with Crippen LogP contribution in [0.4, 0.5) is 21.9 Å². The minimum atomic E-state index is -0.459. The first kappa shape index (κ1) is 20.1. The Kier molecular flexibility index (Phi) is 5.91. The smallest absolute Gasteiger partial charge is 0.323 e. The van der Waals surface area contributed by atoms with Crippen LogP contribution in [0.3, 0.4) is 0 Å². The molecule has 0 atom stereocenters. The Morgan fingerprint density at radius 2 is 1.42 bits per heavy atom. The molecule has 0 bridgehead atoms. The molecule has 0 saturated heterocycles. The largest absolute Gasteiger partial charge is 0.326 e. The second kappa shape index (κ2) is 9.11. The van der Waals surface area contributed by atoms with Crippen molar-refractivity contribution in [2.75, 3.05) is 16.0 Å². The molecule has 0 fully saturated rings. The lowest BCUT2D eigenvalue weighted by atomic mass is 10.0. The zero-order valence-electron chi connectivity index (χ0n) is 16.7. The van der Waals surface area contributed by atoms with Gasteiger partial charge in [-0.3, -0.25) is 4.79 Å². The van der Waals surface area contributed by atoms with Gasteiger partial charge in [0.1, 0.15) is 0 Å². The van der Waals surface area contributed by atoms with Crippen molar-refractivity contribution in [3.63, 3.8) is 0 Å². The molecule has 4 aromatic rings. The Labute approximate surface area is 180 Å². The minimum Gasteiger partial charge on any atom is -0.326 e. The van der Waals surface area contributed by atoms with Crippen molar-refractivity contribution in [3.05, 3.63) is 102 Å². The predicted molar refractivity (Wildman–Crippen MR) is 124 cm³/mol. The molecule has 1 radical (unpaired) electrons. The van der Waals surface area contributed by atoms with Crippen LogP contribution in [0.1, 0.15) is 15.9 Å². The van der Waals surface area contributed by atoms with Crippen LogP contribution < -0.4 is 21.7 Å². The maximum atomic E-state index is 13.0. The predicted octanol–water partition coefficient (Wildman–Crippen LogP) is 4.99. The first-order chi connectivity index (χ1) is 15.1. The lowest BCUT2D eigenvalue weighted by molar-refractivity contribution is 0.102. The summed E-state index contributed by atoms with van der Waals surface area (Å²) >= 11 is 0. The fourth-order valence-electron chi connectivity index (χ4n) is 3.30. The molecule has 4 rings (SSSR count). The van der Waals surface area contributed by atoms with Crippen molar-refractivity contribution in [1.82, 2.24) is 0 Å². The number of anilines is 3. The molecule has 5 N–H and O–H groups in total. The van der Waals surface area contributed by atoms with Crippen molar-refractivity contribution >= 4 is 39.8 Å². The topological polar surface area (TPSA) is 96.2 Å². The Morgan fingerprint density at radius 3 is 2.16 bits per heavy atom. The zero-order valence-corrected chi connectivity index (χ0v) is 16.7. The molecular formula is C25H21N4O2. The fraction of sp³-hybridized carbons (Fsp3) is 0.0400. The third kappa shape index (κ3) is 4.71. The number of fused-ring (bicyclic) bond motifs is 1. The van der Waals surface area contributed by atoms with E-state index < -0.39 is 6.03 Å². The van der Waals surface area contributed by atoms with E-state index in [4.69, 9.17) is 5.73 Å². The normalized spacial score (nSPS) is 10.5. The third-order valence-electron chi connectivity index (χ3n) is 4.84. The van der Waals surface area contributed by atoms with Gasteiger partial charge in [0.2, 0.25) is 0 Å². The lowest BCUT2D eigenvalue weighted by Gasteiger charge is -2.15. The Balaban J connectivity index is 1.64. The van der Waals surface area contributed by atoms with Crippen LogP contribution in [0.5, 0.6) is 0 Å². The number of amides is 3. The fourth-order valence-corrected chi connectivity index (χ4v) is 3.30. The van der Waals surface area contributed by atoms with Gasteiger partial charge >= 0.3 is 6.03 Å². The highest BCUT2D eigenvalue weighted by molar-refractivity contribution is 6.13. The number of benzene rings is 4. The molecule has 4 aromatic carbocycles. The molecule has 0 aliphatic carbocycles. The monoisotopic (exact) mass is 409 g/mol. The van der Waals surface area contributed by atoms with Crippen LogP contribution >= 0.6 is 0 Å². The molecule has 153 valence electrons. The summed E-state index contributed by atoms with van der Waals surface area (Å²) in [5.41, 5.74) is 8.59. The molecule has 0 saturated carbocycles. The van der Waals surface area contributed by atoms with Crippen LogP contribution in [0.2, 0.25) is 0 Å². The Morgan fingerprint density at radius 1 is 0.774 bits per heavy atom. The number of para-hydroxylation sites is 1. The summed E-state index contributed by atoms with van der Waals surface area (Å²) in [7, 11) is 0. The number of urea groups is 1. The van der Waals surface area contributed by atoms with Gasteiger partial charge in [-0.05, 0) is 52.7 Å². The molecule has 0 aliphatic heterocycles. The maximum Gasteiger partial charge on any atom is 0.323 e.